The summed E-state index contributed by atoms with van der Waals surface area (Å²) in [5.74, 6) is -0.789. The second-order valence-corrected chi connectivity index (χ2v) is 4.95. The van der Waals surface area contributed by atoms with Crippen LogP contribution in [0.2, 0.25) is 0 Å². The lowest BCUT2D eigenvalue weighted by Gasteiger charge is -2.32. The zero-order valence-corrected chi connectivity index (χ0v) is 11.7. The first kappa shape index (κ1) is 15.9. The van der Waals surface area contributed by atoms with Gasteiger partial charge in [-0.3, -0.25) is 4.79 Å². The van der Waals surface area contributed by atoms with Gasteiger partial charge in [0.2, 0.25) is 5.91 Å². The predicted octanol–water partition coefficient (Wildman–Crippen LogP) is 0.467. The van der Waals surface area contributed by atoms with Crippen molar-refractivity contribution in [3.8, 4) is 0 Å². The lowest BCUT2D eigenvalue weighted by molar-refractivity contribution is -0.147. The van der Waals surface area contributed by atoms with Crippen molar-refractivity contribution < 1.29 is 19.4 Å². The zero-order chi connectivity index (χ0) is 14.3. The molecule has 0 aromatic rings. The number of rotatable bonds is 7. The molecular formula is C13H24N2O4. The van der Waals surface area contributed by atoms with Gasteiger partial charge < -0.3 is 20.1 Å². The first-order valence-electron chi connectivity index (χ1n) is 6.87. The van der Waals surface area contributed by atoms with Gasteiger partial charge >= 0.3 is 5.97 Å². The van der Waals surface area contributed by atoms with Crippen LogP contribution in [0.1, 0.15) is 33.1 Å². The second-order valence-electron chi connectivity index (χ2n) is 4.95. The molecule has 0 saturated carbocycles. The predicted molar refractivity (Wildman–Crippen MR) is 70.9 cm³/mol. The van der Waals surface area contributed by atoms with E-state index >= 15 is 0 Å². The second kappa shape index (κ2) is 8.12. The van der Waals surface area contributed by atoms with Gasteiger partial charge in [0.25, 0.3) is 0 Å². The molecule has 0 aromatic heterocycles. The Labute approximate surface area is 114 Å². The van der Waals surface area contributed by atoms with Crippen molar-refractivity contribution in [2.24, 2.45) is 0 Å². The van der Waals surface area contributed by atoms with Crippen LogP contribution in [0.25, 0.3) is 0 Å². The van der Waals surface area contributed by atoms with Crippen LogP contribution >= 0.6 is 0 Å². The molecule has 1 amide bonds. The minimum Gasteiger partial charge on any atom is -0.480 e. The first-order valence-corrected chi connectivity index (χ1v) is 6.87. The van der Waals surface area contributed by atoms with Crippen molar-refractivity contribution >= 4 is 11.9 Å². The molecule has 2 N–H and O–H groups in total. The number of hydrogen-bond donors (Lipinski definition) is 2. The van der Waals surface area contributed by atoms with Crippen molar-refractivity contribution in [2.75, 3.05) is 26.2 Å². The maximum Gasteiger partial charge on any atom is 0.329 e. The van der Waals surface area contributed by atoms with E-state index in [0.717, 1.165) is 6.54 Å². The van der Waals surface area contributed by atoms with E-state index in [9.17, 15) is 9.59 Å². The van der Waals surface area contributed by atoms with Gasteiger partial charge in [-0.15, -0.1) is 0 Å². The average Bonchev–Trinajstić information content (AvgIpc) is 2.37. The fourth-order valence-corrected chi connectivity index (χ4v) is 2.27. The molecule has 0 radical (unpaired) electrons. The highest BCUT2D eigenvalue weighted by atomic mass is 16.5. The fraction of sp³-hybridized carbons (Fsp3) is 0.846. The number of carboxylic acid groups (broad SMARTS) is 1. The maximum absolute atomic E-state index is 12.0. The van der Waals surface area contributed by atoms with E-state index in [2.05, 4.69) is 5.32 Å². The standard InChI is InChI=1S/C13H24N2O4/c1-3-14-10(2)8-12(16)15-6-4-11(5-7-15)19-9-13(17)18/h10-11,14H,3-9H2,1-2H3,(H,17,18). The van der Waals surface area contributed by atoms with Crippen molar-refractivity contribution in [1.29, 1.82) is 0 Å². The summed E-state index contributed by atoms with van der Waals surface area (Å²) in [6.07, 6.45) is 1.91. The molecule has 1 unspecified atom stereocenters. The van der Waals surface area contributed by atoms with Gasteiger partial charge in [-0.1, -0.05) is 6.92 Å². The molecule has 1 aliphatic heterocycles. The first-order chi connectivity index (χ1) is 9.02. The van der Waals surface area contributed by atoms with Crippen LogP contribution in [0.5, 0.6) is 0 Å². The van der Waals surface area contributed by atoms with Crippen LogP contribution < -0.4 is 5.32 Å². The maximum atomic E-state index is 12.0. The summed E-state index contributed by atoms with van der Waals surface area (Å²) >= 11 is 0. The third-order valence-corrected chi connectivity index (χ3v) is 3.27. The van der Waals surface area contributed by atoms with Crippen LogP contribution in [0.4, 0.5) is 0 Å². The Balaban J connectivity index is 2.25. The summed E-state index contributed by atoms with van der Waals surface area (Å²) in [6.45, 7) is 5.94. The molecule has 0 spiro atoms. The summed E-state index contributed by atoms with van der Waals surface area (Å²) in [7, 11) is 0. The molecular weight excluding hydrogens is 248 g/mol. The summed E-state index contributed by atoms with van der Waals surface area (Å²) in [5.41, 5.74) is 0. The molecule has 1 saturated heterocycles. The molecule has 19 heavy (non-hydrogen) atoms. The Morgan fingerprint density at radius 1 is 1.42 bits per heavy atom. The summed E-state index contributed by atoms with van der Waals surface area (Å²) in [5, 5.41) is 11.8. The van der Waals surface area contributed by atoms with Crippen molar-refractivity contribution in [2.45, 2.75) is 45.3 Å². The minimum atomic E-state index is -0.946. The number of amides is 1. The van der Waals surface area contributed by atoms with Gasteiger partial charge in [-0.05, 0) is 26.3 Å². The molecule has 1 rings (SSSR count). The fourth-order valence-electron chi connectivity index (χ4n) is 2.27. The van der Waals surface area contributed by atoms with E-state index < -0.39 is 5.97 Å². The van der Waals surface area contributed by atoms with Gasteiger partial charge in [0, 0.05) is 25.6 Å². The van der Waals surface area contributed by atoms with Crippen LogP contribution in [-0.2, 0) is 14.3 Å². The lowest BCUT2D eigenvalue weighted by Crippen LogP contribution is -2.43. The van der Waals surface area contributed by atoms with E-state index in [1.54, 1.807) is 0 Å². The number of carbonyl (C=O) groups is 2. The highest BCUT2D eigenvalue weighted by Gasteiger charge is 2.24. The molecule has 1 heterocycles. The number of nitrogens with zero attached hydrogens (tertiary/aromatic N) is 1. The van der Waals surface area contributed by atoms with E-state index in [-0.39, 0.29) is 24.7 Å². The van der Waals surface area contributed by atoms with Gasteiger partial charge in [-0.25, -0.2) is 4.79 Å². The Kier molecular flexibility index (Phi) is 6.80. The molecule has 6 nitrogen and oxygen atoms in total. The Morgan fingerprint density at radius 2 is 2.05 bits per heavy atom. The number of carboxylic acids is 1. The molecule has 0 aromatic carbocycles. The van der Waals surface area contributed by atoms with E-state index in [4.69, 9.17) is 9.84 Å². The van der Waals surface area contributed by atoms with Gasteiger partial charge in [-0.2, -0.15) is 0 Å². The van der Waals surface area contributed by atoms with Crippen LogP contribution in [0, 0.1) is 0 Å². The van der Waals surface area contributed by atoms with Gasteiger partial charge in [0.1, 0.15) is 6.61 Å². The summed E-state index contributed by atoms with van der Waals surface area (Å²) in [4.78, 5) is 24.2. The zero-order valence-electron chi connectivity index (χ0n) is 11.7. The molecule has 1 aliphatic rings. The Morgan fingerprint density at radius 3 is 2.58 bits per heavy atom. The van der Waals surface area contributed by atoms with Gasteiger partial charge in [0.05, 0.1) is 6.10 Å². The van der Waals surface area contributed by atoms with E-state index in [1.165, 1.54) is 0 Å². The van der Waals surface area contributed by atoms with Crippen LogP contribution in [0.3, 0.4) is 0 Å². The number of aliphatic carboxylic acids is 1. The lowest BCUT2D eigenvalue weighted by atomic mass is 10.1. The number of nitrogens with one attached hydrogen (secondary N) is 1. The molecule has 0 bridgehead atoms. The number of hydrogen-bond acceptors (Lipinski definition) is 4. The SMILES string of the molecule is CCNC(C)CC(=O)N1CCC(OCC(=O)O)CC1. The third kappa shape index (κ3) is 6.02. The van der Waals surface area contributed by atoms with E-state index in [1.807, 2.05) is 18.7 Å². The van der Waals surface area contributed by atoms with E-state index in [0.29, 0.717) is 32.4 Å². The largest absolute Gasteiger partial charge is 0.480 e. The van der Waals surface area contributed by atoms with Crippen molar-refractivity contribution in [1.82, 2.24) is 10.2 Å². The molecule has 1 atom stereocenters. The summed E-state index contributed by atoms with van der Waals surface area (Å²) in [6, 6.07) is 0.193. The molecule has 0 aliphatic carbocycles. The minimum absolute atomic E-state index is 0.0358. The smallest absolute Gasteiger partial charge is 0.329 e. The van der Waals surface area contributed by atoms with Crippen LogP contribution in [0.15, 0.2) is 0 Å². The van der Waals surface area contributed by atoms with Crippen LogP contribution in [-0.4, -0.2) is 60.3 Å². The van der Waals surface area contributed by atoms with Crippen molar-refractivity contribution in [3.63, 3.8) is 0 Å². The third-order valence-electron chi connectivity index (χ3n) is 3.27. The normalized spacial score (nSPS) is 18.3. The topological polar surface area (TPSA) is 78.9 Å². The quantitative estimate of drug-likeness (QED) is 0.704. The average molecular weight is 272 g/mol. The molecule has 1 fully saturated rings. The van der Waals surface area contributed by atoms with Gasteiger partial charge in [0.15, 0.2) is 0 Å². The molecule has 110 valence electrons. The van der Waals surface area contributed by atoms with Crippen molar-refractivity contribution in [3.05, 3.63) is 0 Å². The Bertz CT molecular complexity index is 301. The number of piperidine rings is 1. The highest BCUT2D eigenvalue weighted by molar-refractivity contribution is 5.76. The summed E-state index contributed by atoms with van der Waals surface area (Å²) < 4.78 is 5.24. The monoisotopic (exact) mass is 272 g/mol. The number of carbonyl (C=O) groups excluding carboxylic acids is 1. The Hall–Kier alpha value is -1.14. The molecule has 6 heteroatoms. The highest BCUT2D eigenvalue weighted by Crippen LogP contribution is 2.15. The number of ether oxygens (including phenoxy) is 1. The number of likely N-dealkylation sites (tertiary alicyclic amines) is 1.